The van der Waals surface area contributed by atoms with E-state index in [4.69, 9.17) is 11.0 Å². The van der Waals surface area contributed by atoms with Crippen LogP contribution in [-0.4, -0.2) is 33.6 Å². The molecule has 2 N–H and O–H groups in total. The van der Waals surface area contributed by atoms with Crippen LogP contribution in [0.15, 0.2) is 4.99 Å². The highest BCUT2D eigenvalue weighted by molar-refractivity contribution is 5.78. The molecule has 1 fully saturated rings. The van der Waals surface area contributed by atoms with Gasteiger partial charge in [0.15, 0.2) is 0 Å². The number of hydrogen-bond donors (Lipinski definition) is 1. The highest BCUT2D eigenvalue weighted by Gasteiger charge is 2.45. The molecule has 0 radical (unpaired) electrons. The first-order valence-corrected chi connectivity index (χ1v) is 9.56. The van der Waals surface area contributed by atoms with E-state index in [1.165, 1.54) is 38.5 Å². The maximum atomic E-state index is 8.95. The fraction of sp³-hybridized carbons (Fsp3) is 0.895. The highest BCUT2D eigenvalue weighted by atomic mass is 15.7. The van der Waals surface area contributed by atoms with E-state index < -0.39 is 0 Å². The van der Waals surface area contributed by atoms with E-state index in [0.717, 1.165) is 25.8 Å². The third-order valence-corrected chi connectivity index (χ3v) is 5.12. The lowest BCUT2D eigenvalue weighted by molar-refractivity contribution is -0.147. The third kappa shape index (κ3) is 5.66. The third-order valence-electron chi connectivity index (χ3n) is 5.12. The van der Waals surface area contributed by atoms with Crippen LogP contribution in [0, 0.1) is 11.5 Å². The molecule has 0 spiro atoms. The van der Waals surface area contributed by atoms with Gasteiger partial charge in [0.25, 0.3) is 0 Å². The van der Waals surface area contributed by atoms with Crippen molar-refractivity contribution in [3.8, 4) is 6.19 Å². The molecular formula is C19H37N5. The van der Waals surface area contributed by atoms with Crippen molar-refractivity contribution in [2.24, 2.45) is 10.7 Å². The van der Waals surface area contributed by atoms with E-state index in [1.54, 1.807) is 0 Å². The van der Waals surface area contributed by atoms with E-state index in [9.17, 15) is 0 Å². The van der Waals surface area contributed by atoms with Gasteiger partial charge in [0.2, 0.25) is 12.2 Å². The van der Waals surface area contributed by atoms with Gasteiger partial charge in [-0.15, -0.1) is 4.99 Å². The predicted octanol–water partition coefficient (Wildman–Crippen LogP) is 4.40. The van der Waals surface area contributed by atoms with Gasteiger partial charge in [-0.3, -0.25) is 5.01 Å². The molecule has 0 aliphatic carbocycles. The summed E-state index contributed by atoms with van der Waals surface area (Å²) in [7, 11) is 0. The Morgan fingerprint density at radius 2 is 1.62 bits per heavy atom. The molecule has 0 aromatic rings. The van der Waals surface area contributed by atoms with Gasteiger partial charge in [-0.2, -0.15) is 5.26 Å². The van der Waals surface area contributed by atoms with Crippen molar-refractivity contribution in [2.75, 3.05) is 6.54 Å². The van der Waals surface area contributed by atoms with Crippen LogP contribution in [0.4, 0.5) is 0 Å². The zero-order chi connectivity index (χ0) is 18.2. The van der Waals surface area contributed by atoms with Gasteiger partial charge in [-0.25, -0.2) is 5.01 Å². The summed E-state index contributed by atoms with van der Waals surface area (Å²) < 4.78 is 0. The molecule has 0 amide bonds. The predicted molar refractivity (Wildman–Crippen MR) is 101 cm³/mol. The molecule has 5 nitrogen and oxygen atoms in total. The standard InChI is InChI=1S/C19H37N5/c1-6-7-8-9-10-11-15-23(17(21)22-16-20)24-18(2,3)13-12-14-19(24,4)5/h6-15H2,1-5H3,(H2,21,22). The Morgan fingerprint density at radius 3 is 2.17 bits per heavy atom. The summed E-state index contributed by atoms with van der Waals surface area (Å²) in [5.41, 5.74) is 6.20. The highest BCUT2D eigenvalue weighted by Crippen LogP contribution is 2.39. The zero-order valence-electron chi connectivity index (χ0n) is 16.4. The van der Waals surface area contributed by atoms with Gasteiger partial charge in [0.1, 0.15) is 0 Å². The first-order valence-electron chi connectivity index (χ1n) is 9.56. The van der Waals surface area contributed by atoms with Gasteiger partial charge < -0.3 is 5.73 Å². The zero-order valence-corrected chi connectivity index (χ0v) is 16.4. The molecule has 1 aliphatic rings. The molecule has 24 heavy (non-hydrogen) atoms. The minimum absolute atomic E-state index is 0.0134. The van der Waals surface area contributed by atoms with E-state index in [1.807, 2.05) is 6.19 Å². The number of hydrogen-bond acceptors (Lipinski definition) is 3. The Labute approximate surface area is 148 Å². The SMILES string of the molecule is CCCCCCCCN(/C(N)=N/C#N)N1C(C)(C)CCCC1(C)C. The van der Waals surface area contributed by atoms with Crippen LogP contribution in [-0.2, 0) is 0 Å². The lowest BCUT2D eigenvalue weighted by atomic mass is 9.81. The number of hydrazine groups is 1. The topological polar surface area (TPSA) is 68.6 Å². The quantitative estimate of drug-likeness (QED) is 0.309. The fourth-order valence-corrected chi connectivity index (χ4v) is 4.11. The fourth-order valence-electron chi connectivity index (χ4n) is 4.11. The second-order valence-corrected chi connectivity index (χ2v) is 8.25. The van der Waals surface area contributed by atoms with Crippen molar-refractivity contribution >= 4 is 5.96 Å². The monoisotopic (exact) mass is 335 g/mol. The second-order valence-electron chi connectivity index (χ2n) is 8.25. The van der Waals surface area contributed by atoms with Crippen molar-refractivity contribution in [1.29, 1.82) is 5.26 Å². The van der Waals surface area contributed by atoms with Crippen LogP contribution < -0.4 is 5.73 Å². The van der Waals surface area contributed by atoms with Crippen LogP contribution >= 0.6 is 0 Å². The van der Waals surface area contributed by atoms with Crippen molar-refractivity contribution < 1.29 is 0 Å². The maximum absolute atomic E-state index is 8.95. The molecule has 0 aromatic heterocycles. The van der Waals surface area contributed by atoms with E-state index in [2.05, 4.69) is 49.6 Å². The van der Waals surface area contributed by atoms with Crippen molar-refractivity contribution in [3.63, 3.8) is 0 Å². The van der Waals surface area contributed by atoms with Gasteiger partial charge in [0, 0.05) is 17.6 Å². The number of nitriles is 1. The lowest BCUT2D eigenvalue weighted by Crippen LogP contribution is -2.67. The number of guanidine groups is 1. The normalized spacial score (nSPS) is 20.6. The number of nitrogens with zero attached hydrogens (tertiary/aromatic N) is 4. The van der Waals surface area contributed by atoms with Crippen LogP contribution in [0.5, 0.6) is 0 Å². The Morgan fingerprint density at radius 1 is 1.08 bits per heavy atom. The summed E-state index contributed by atoms with van der Waals surface area (Å²) in [6, 6.07) is 0. The minimum Gasteiger partial charge on any atom is -0.368 e. The minimum atomic E-state index is 0.0134. The molecular weight excluding hydrogens is 298 g/mol. The molecule has 0 aromatic carbocycles. The molecule has 138 valence electrons. The Bertz CT molecular complexity index is 431. The Kier molecular flexibility index (Phi) is 8.02. The number of nitrogens with two attached hydrogens (primary N) is 1. The van der Waals surface area contributed by atoms with E-state index in [-0.39, 0.29) is 11.1 Å². The van der Waals surface area contributed by atoms with Crippen molar-refractivity contribution in [1.82, 2.24) is 10.0 Å². The summed E-state index contributed by atoms with van der Waals surface area (Å²) in [5.74, 6) is 0.328. The molecule has 1 saturated heterocycles. The number of aliphatic imine (C=N–C) groups is 1. The summed E-state index contributed by atoms with van der Waals surface area (Å²) in [4.78, 5) is 3.84. The van der Waals surface area contributed by atoms with E-state index in [0.29, 0.717) is 5.96 Å². The molecule has 0 bridgehead atoms. The lowest BCUT2D eigenvalue weighted by Gasteiger charge is -2.57. The van der Waals surface area contributed by atoms with Crippen molar-refractivity contribution in [2.45, 2.75) is 103 Å². The summed E-state index contributed by atoms with van der Waals surface area (Å²) in [6.07, 6.45) is 12.8. The Balaban J connectivity index is 2.84. The van der Waals surface area contributed by atoms with Crippen LogP contribution in [0.2, 0.25) is 0 Å². The first kappa shape index (κ1) is 20.8. The molecule has 1 aliphatic heterocycles. The number of piperidine rings is 1. The Hall–Kier alpha value is -1.28. The van der Waals surface area contributed by atoms with Gasteiger partial charge in [0.05, 0.1) is 0 Å². The smallest absolute Gasteiger partial charge is 0.221 e. The largest absolute Gasteiger partial charge is 0.368 e. The van der Waals surface area contributed by atoms with Crippen LogP contribution in [0.1, 0.15) is 92.4 Å². The summed E-state index contributed by atoms with van der Waals surface area (Å²) in [6.45, 7) is 12.1. The van der Waals surface area contributed by atoms with Gasteiger partial charge in [-0.1, -0.05) is 39.0 Å². The van der Waals surface area contributed by atoms with Gasteiger partial charge >= 0.3 is 0 Å². The van der Waals surface area contributed by atoms with Crippen molar-refractivity contribution in [3.05, 3.63) is 0 Å². The second kappa shape index (κ2) is 9.27. The van der Waals surface area contributed by atoms with E-state index >= 15 is 0 Å². The van der Waals surface area contributed by atoms with Gasteiger partial charge in [-0.05, 0) is 53.4 Å². The van der Waals surface area contributed by atoms with Crippen LogP contribution in [0.25, 0.3) is 0 Å². The summed E-state index contributed by atoms with van der Waals surface area (Å²) in [5, 5.41) is 13.4. The van der Waals surface area contributed by atoms with Crippen LogP contribution in [0.3, 0.4) is 0 Å². The number of unbranched alkanes of at least 4 members (excludes halogenated alkanes) is 5. The summed E-state index contributed by atoms with van der Waals surface area (Å²) >= 11 is 0. The number of rotatable bonds is 8. The maximum Gasteiger partial charge on any atom is 0.221 e. The first-order chi connectivity index (χ1) is 11.3. The molecule has 1 heterocycles. The molecule has 0 saturated carbocycles. The average molecular weight is 336 g/mol. The molecule has 5 heteroatoms. The molecule has 1 rings (SSSR count). The average Bonchev–Trinajstić information content (AvgIpc) is 2.47. The molecule has 0 atom stereocenters. The molecule has 0 unspecified atom stereocenters.